The van der Waals surface area contributed by atoms with Crippen molar-refractivity contribution in [3.63, 3.8) is 0 Å². The number of hydrogen-bond acceptors (Lipinski definition) is 6. The highest BCUT2D eigenvalue weighted by molar-refractivity contribution is 6.30. The van der Waals surface area contributed by atoms with Crippen LogP contribution in [0, 0.1) is 0 Å². The number of ether oxygens (including phenoxy) is 3. The number of carbonyl (C=O) groups is 2. The van der Waals surface area contributed by atoms with Gasteiger partial charge in [0.1, 0.15) is 24.5 Å². The minimum atomic E-state index is -0.814. The molecule has 0 saturated heterocycles. The van der Waals surface area contributed by atoms with Gasteiger partial charge in [0.25, 0.3) is 5.91 Å². The monoisotopic (exact) mass is 391 g/mol. The number of aromatic hydroxyl groups is 1. The number of phenolic OH excluding ortho intramolecular Hbond substituents is 1. The van der Waals surface area contributed by atoms with E-state index >= 15 is 0 Å². The molecule has 0 radical (unpaired) electrons. The van der Waals surface area contributed by atoms with Crippen LogP contribution in [0.2, 0.25) is 5.02 Å². The Morgan fingerprint density at radius 2 is 1.93 bits per heavy atom. The summed E-state index contributed by atoms with van der Waals surface area (Å²) in [5, 5.41) is 12.7. The average Bonchev–Trinajstić information content (AvgIpc) is 2.65. The SMILES string of the molecule is C[C@@H](NC(=O)COC(=O)c1ccc(Cl)cc1O)c1ccc2c(c1)OCCO2. The van der Waals surface area contributed by atoms with Crippen LogP contribution in [0.5, 0.6) is 17.2 Å². The van der Waals surface area contributed by atoms with Crippen LogP contribution in [0.15, 0.2) is 36.4 Å². The van der Waals surface area contributed by atoms with Crippen molar-refractivity contribution >= 4 is 23.5 Å². The van der Waals surface area contributed by atoms with Gasteiger partial charge in [-0.15, -0.1) is 0 Å². The second kappa shape index (κ2) is 8.18. The number of phenols is 1. The molecule has 0 saturated carbocycles. The Labute approximate surface area is 160 Å². The van der Waals surface area contributed by atoms with E-state index in [4.69, 9.17) is 25.8 Å². The maximum atomic E-state index is 12.1. The summed E-state index contributed by atoms with van der Waals surface area (Å²) in [6.07, 6.45) is 0. The maximum absolute atomic E-state index is 12.1. The molecular formula is C19H18ClNO6. The van der Waals surface area contributed by atoms with E-state index < -0.39 is 18.5 Å². The van der Waals surface area contributed by atoms with E-state index in [1.165, 1.54) is 18.2 Å². The van der Waals surface area contributed by atoms with E-state index in [1.54, 1.807) is 19.1 Å². The summed E-state index contributed by atoms with van der Waals surface area (Å²) in [6, 6.07) is 9.10. The molecule has 0 unspecified atom stereocenters. The molecule has 1 atom stereocenters. The van der Waals surface area contributed by atoms with Crippen LogP contribution in [0.25, 0.3) is 0 Å². The fraction of sp³-hybridized carbons (Fsp3) is 0.263. The number of nitrogens with one attached hydrogen (secondary N) is 1. The highest BCUT2D eigenvalue weighted by Crippen LogP contribution is 2.32. The molecule has 2 N–H and O–H groups in total. The normalized spacial score (nSPS) is 13.6. The molecule has 1 amide bonds. The van der Waals surface area contributed by atoms with E-state index in [-0.39, 0.29) is 22.4 Å². The molecule has 0 aliphatic carbocycles. The quantitative estimate of drug-likeness (QED) is 0.761. The molecule has 142 valence electrons. The van der Waals surface area contributed by atoms with Gasteiger partial charge >= 0.3 is 5.97 Å². The predicted octanol–water partition coefficient (Wildman–Crippen LogP) is 2.85. The van der Waals surface area contributed by atoms with Crippen molar-refractivity contribution in [2.24, 2.45) is 0 Å². The van der Waals surface area contributed by atoms with Crippen molar-refractivity contribution in [3.8, 4) is 17.2 Å². The summed E-state index contributed by atoms with van der Waals surface area (Å²) in [4.78, 5) is 24.0. The molecule has 0 spiro atoms. The topological polar surface area (TPSA) is 94.1 Å². The number of fused-ring (bicyclic) bond motifs is 1. The number of halogens is 1. The smallest absolute Gasteiger partial charge is 0.342 e. The van der Waals surface area contributed by atoms with Gasteiger partial charge in [-0.2, -0.15) is 0 Å². The zero-order chi connectivity index (χ0) is 19.4. The Hall–Kier alpha value is -2.93. The van der Waals surface area contributed by atoms with Crippen LogP contribution in [-0.4, -0.2) is 36.8 Å². The Balaban J connectivity index is 1.55. The lowest BCUT2D eigenvalue weighted by Gasteiger charge is -2.21. The maximum Gasteiger partial charge on any atom is 0.342 e. The van der Waals surface area contributed by atoms with E-state index in [0.717, 1.165) is 5.56 Å². The van der Waals surface area contributed by atoms with Crippen LogP contribution in [-0.2, 0) is 9.53 Å². The van der Waals surface area contributed by atoms with E-state index in [1.807, 2.05) is 6.07 Å². The van der Waals surface area contributed by atoms with E-state index in [9.17, 15) is 14.7 Å². The molecule has 8 heteroatoms. The van der Waals surface area contributed by atoms with Gasteiger partial charge in [-0.1, -0.05) is 17.7 Å². The Kier molecular flexibility index (Phi) is 5.71. The summed E-state index contributed by atoms with van der Waals surface area (Å²) < 4.78 is 15.9. The van der Waals surface area contributed by atoms with Crippen LogP contribution < -0.4 is 14.8 Å². The van der Waals surface area contributed by atoms with Crippen molar-refractivity contribution in [2.45, 2.75) is 13.0 Å². The largest absolute Gasteiger partial charge is 0.507 e. The molecule has 7 nitrogen and oxygen atoms in total. The molecule has 2 aromatic rings. The summed E-state index contributed by atoms with van der Waals surface area (Å²) in [6.45, 7) is 2.31. The highest BCUT2D eigenvalue weighted by atomic mass is 35.5. The molecule has 3 rings (SSSR count). The number of benzene rings is 2. The zero-order valence-corrected chi connectivity index (χ0v) is 15.3. The minimum absolute atomic E-state index is 0.0629. The van der Waals surface area contributed by atoms with Crippen LogP contribution in [0.1, 0.15) is 28.9 Å². The summed E-state index contributed by atoms with van der Waals surface area (Å²) >= 11 is 5.72. The second-order valence-corrected chi connectivity index (χ2v) is 6.37. The first-order valence-electron chi connectivity index (χ1n) is 8.28. The molecule has 2 aromatic carbocycles. The van der Waals surface area contributed by atoms with Gasteiger partial charge in [-0.25, -0.2) is 4.79 Å². The molecule has 1 aliphatic rings. The summed E-state index contributed by atoms with van der Waals surface area (Å²) in [7, 11) is 0. The molecule has 1 aliphatic heterocycles. The predicted molar refractivity (Wildman–Crippen MR) is 97.4 cm³/mol. The number of hydrogen-bond donors (Lipinski definition) is 2. The van der Waals surface area contributed by atoms with E-state index in [2.05, 4.69) is 5.32 Å². The fourth-order valence-corrected chi connectivity index (χ4v) is 2.75. The highest BCUT2D eigenvalue weighted by Gasteiger charge is 2.18. The number of rotatable bonds is 5. The van der Waals surface area contributed by atoms with E-state index in [0.29, 0.717) is 24.7 Å². The van der Waals surface area contributed by atoms with Gasteiger partial charge in [0.15, 0.2) is 18.1 Å². The van der Waals surface area contributed by atoms with Gasteiger partial charge < -0.3 is 24.6 Å². The fourth-order valence-electron chi connectivity index (χ4n) is 2.58. The van der Waals surface area contributed by atoms with Crippen molar-refractivity contribution < 1.29 is 28.9 Å². The lowest BCUT2D eigenvalue weighted by molar-refractivity contribution is -0.124. The van der Waals surface area contributed by atoms with Crippen LogP contribution in [0.3, 0.4) is 0 Å². The molecule has 0 fully saturated rings. The third-order valence-electron chi connectivity index (χ3n) is 3.96. The number of amides is 1. The molecule has 0 aromatic heterocycles. The van der Waals surface area contributed by atoms with Crippen LogP contribution >= 0.6 is 11.6 Å². The Morgan fingerprint density at radius 3 is 2.67 bits per heavy atom. The third kappa shape index (κ3) is 4.62. The summed E-state index contributed by atoms with van der Waals surface area (Å²) in [5.74, 6) is -0.298. The first kappa shape index (κ1) is 18.8. The lowest BCUT2D eigenvalue weighted by Crippen LogP contribution is -2.31. The Morgan fingerprint density at radius 1 is 1.19 bits per heavy atom. The average molecular weight is 392 g/mol. The second-order valence-electron chi connectivity index (χ2n) is 5.93. The van der Waals surface area contributed by atoms with Crippen molar-refractivity contribution in [2.75, 3.05) is 19.8 Å². The first-order valence-corrected chi connectivity index (χ1v) is 8.66. The van der Waals surface area contributed by atoms with Crippen LogP contribution in [0.4, 0.5) is 0 Å². The number of esters is 1. The minimum Gasteiger partial charge on any atom is -0.507 e. The third-order valence-corrected chi connectivity index (χ3v) is 4.19. The number of carbonyl (C=O) groups excluding carboxylic acids is 2. The standard InChI is InChI=1S/C19H18ClNO6/c1-11(12-2-5-16-17(8-12)26-7-6-25-16)21-18(23)10-27-19(24)14-4-3-13(20)9-15(14)22/h2-5,8-9,11,22H,6-7,10H2,1H3,(H,21,23)/t11-/m1/s1. The molecule has 27 heavy (non-hydrogen) atoms. The van der Waals surface area contributed by atoms with Gasteiger partial charge in [0, 0.05) is 5.02 Å². The van der Waals surface area contributed by atoms with Gasteiger partial charge in [-0.3, -0.25) is 4.79 Å². The van der Waals surface area contributed by atoms with Crippen molar-refractivity contribution in [1.82, 2.24) is 5.32 Å². The lowest BCUT2D eigenvalue weighted by atomic mass is 10.1. The molecular weight excluding hydrogens is 374 g/mol. The van der Waals surface area contributed by atoms with Gasteiger partial charge in [0.05, 0.1) is 6.04 Å². The van der Waals surface area contributed by atoms with Crippen molar-refractivity contribution in [1.29, 1.82) is 0 Å². The first-order chi connectivity index (χ1) is 12.9. The van der Waals surface area contributed by atoms with Crippen molar-refractivity contribution in [3.05, 3.63) is 52.5 Å². The van der Waals surface area contributed by atoms with Gasteiger partial charge in [-0.05, 0) is 42.8 Å². The molecule has 1 heterocycles. The Bertz CT molecular complexity index is 869. The zero-order valence-electron chi connectivity index (χ0n) is 14.5. The molecule has 0 bridgehead atoms. The van der Waals surface area contributed by atoms with Gasteiger partial charge in [0.2, 0.25) is 0 Å². The summed E-state index contributed by atoms with van der Waals surface area (Å²) in [5.41, 5.74) is 0.765.